The molecule has 9 N–H and O–H groups in total. The van der Waals surface area contributed by atoms with Crippen LogP contribution in [-0.2, 0) is 57.3 Å². The number of carbonyl (C=O) groups is 8. The molecule has 0 aliphatic heterocycles. The topological polar surface area (TPSA) is 308 Å². The van der Waals surface area contributed by atoms with Crippen LogP contribution in [0.15, 0.2) is 0 Å². The number of ether oxygens (including phenoxy) is 4. The highest BCUT2D eigenvalue weighted by molar-refractivity contribution is 5.97. The Hall–Kier alpha value is -4.08. The molecular weight excluding hydrogens is 839 g/mol. The van der Waals surface area contributed by atoms with Gasteiger partial charge in [-0.15, -0.1) is 0 Å². The van der Waals surface area contributed by atoms with Gasteiger partial charge >= 0.3 is 17.9 Å². The van der Waals surface area contributed by atoms with E-state index in [4.69, 9.17) is 34.9 Å². The van der Waals surface area contributed by atoms with E-state index in [1.54, 1.807) is 0 Å². The number of carboxylic acid groups (broad SMARTS) is 3. The van der Waals surface area contributed by atoms with Crippen molar-refractivity contribution in [3.05, 3.63) is 0 Å². The molecule has 0 saturated heterocycles. The average molecular weight is 918 g/mol. The molecule has 0 bridgehead atoms. The molecule has 20 heteroatoms. The molecule has 0 aromatic carbocycles. The van der Waals surface area contributed by atoms with Crippen molar-refractivity contribution >= 4 is 47.2 Å². The number of hydrogen-bond acceptors (Lipinski definition) is 14. The highest BCUT2D eigenvalue weighted by Crippen LogP contribution is 2.14. The number of rotatable bonds is 48. The summed E-state index contributed by atoms with van der Waals surface area (Å²) in [6, 6.07) is -1.79. The fraction of sp³-hybridized carbons (Fsp3) is 0.818. The van der Waals surface area contributed by atoms with Gasteiger partial charge in [-0.1, -0.05) is 89.9 Å². The summed E-state index contributed by atoms with van der Waals surface area (Å²) in [7, 11) is 0. The predicted octanol–water partition coefficient (Wildman–Crippen LogP) is 3.36. The lowest BCUT2D eigenvalue weighted by atomic mass is 10.0. The van der Waals surface area contributed by atoms with Gasteiger partial charge in [-0.2, -0.15) is 0 Å². The molecule has 20 nitrogen and oxygen atoms in total. The van der Waals surface area contributed by atoms with Gasteiger partial charge in [-0.3, -0.25) is 38.9 Å². The van der Waals surface area contributed by atoms with Crippen LogP contribution in [0.25, 0.3) is 0 Å². The fourth-order valence-corrected chi connectivity index (χ4v) is 6.49. The van der Waals surface area contributed by atoms with Gasteiger partial charge < -0.3 is 56.0 Å². The van der Waals surface area contributed by atoms with Crippen molar-refractivity contribution < 1.29 is 72.6 Å². The third-order valence-corrected chi connectivity index (χ3v) is 10.0. The Morgan fingerprint density at radius 1 is 0.469 bits per heavy atom. The summed E-state index contributed by atoms with van der Waals surface area (Å²) in [6.07, 6.45) is 17.4. The van der Waals surface area contributed by atoms with Crippen LogP contribution >= 0.6 is 0 Å². The Kier molecular flexibility index (Phi) is 40.1. The molecule has 0 aliphatic rings. The van der Waals surface area contributed by atoms with Gasteiger partial charge in [0.25, 0.3) is 0 Å². The normalized spacial score (nSPS) is 12.0. The third kappa shape index (κ3) is 40.7. The van der Waals surface area contributed by atoms with Crippen molar-refractivity contribution in [2.75, 3.05) is 66.2 Å². The first-order valence-electron chi connectivity index (χ1n) is 23.1. The van der Waals surface area contributed by atoms with E-state index >= 15 is 0 Å². The number of aliphatic carboxylic acids is 3. The van der Waals surface area contributed by atoms with Gasteiger partial charge in [0.15, 0.2) is 11.6 Å². The molecule has 3 amide bonds. The summed E-state index contributed by atoms with van der Waals surface area (Å²) in [4.78, 5) is 93.3. The standard InChI is InChI=1S/C44H79N5O15/c45-33-47-36(38(51)30-43(57)58)19-15-13-14-18-35(50)31-62-27-26-61-25-24-46-41(54)32-63-28-29-64-34-48-39(52)23-22-37(44(59)60)49-40(53)20-16-11-9-7-5-3-1-2-4-6-8-10-12-17-21-42(55)56/h36-37,47H,1-34,45H2,(H,46,54)(H,48,52)(H,49,53)(H,55,56)(H,57,58)(H,59,60)/t36-,37-/m0/s1. The van der Waals surface area contributed by atoms with Crippen LogP contribution < -0.4 is 27.0 Å². The van der Waals surface area contributed by atoms with Gasteiger partial charge in [0.1, 0.15) is 32.4 Å². The fourth-order valence-electron chi connectivity index (χ4n) is 6.49. The molecule has 370 valence electrons. The van der Waals surface area contributed by atoms with Crippen molar-refractivity contribution in [2.45, 2.75) is 166 Å². The highest BCUT2D eigenvalue weighted by atomic mass is 16.5. The minimum Gasteiger partial charge on any atom is -0.481 e. The first-order valence-corrected chi connectivity index (χ1v) is 23.1. The summed E-state index contributed by atoms with van der Waals surface area (Å²) in [5.41, 5.74) is 5.43. The number of Topliss-reactive ketones (excluding diaryl/α,β-unsaturated/α-hetero) is 2. The number of carbonyl (C=O) groups excluding carboxylic acids is 5. The van der Waals surface area contributed by atoms with Crippen LogP contribution in [0.1, 0.15) is 154 Å². The van der Waals surface area contributed by atoms with Gasteiger partial charge in [-0.05, 0) is 32.1 Å². The van der Waals surface area contributed by atoms with Gasteiger partial charge in [0, 0.05) is 38.9 Å². The lowest BCUT2D eigenvalue weighted by Gasteiger charge is -2.15. The van der Waals surface area contributed by atoms with Crippen LogP contribution in [-0.4, -0.2) is 141 Å². The number of ketones is 2. The number of hydrogen-bond donors (Lipinski definition) is 8. The molecule has 0 aromatic heterocycles. The van der Waals surface area contributed by atoms with E-state index < -0.39 is 48.1 Å². The number of nitrogens with one attached hydrogen (secondary N) is 4. The molecule has 0 rings (SSSR count). The molecule has 0 heterocycles. The molecule has 64 heavy (non-hydrogen) atoms. The minimum absolute atomic E-state index is 0.0519. The van der Waals surface area contributed by atoms with Crippen LogP contribution in [0.5, 0.6) is 0 Å². The molecule has 0 radical (unpaired) electrons. The molecule has 0 aliphatic carbocycles. The monoisotopic (exact) mass is 918 g/mol. The maximum atomic E-state index is 12.3. The first-order chi connectivity index (χ1) is 30.8. The van der Waals surface area contributed by atoms with Crippen molar-refractivity contribution in [3.8, 4) is 0 Å². The van der Waals surface area contributed by atoms with Crippen LogP contribution in [0.2, 0.25) is 0 Å². The Morgan fingerprint density at radius 3 is 1.58 bits per heavy atom. The van der Waals surface area contributed by atoms with Crippen molar-refractivity contribution in [1.82, 2.24) is 21.3 Å². The van der Waals surface area contributed by atoms with E-state index in [0.717, 1.165) is 44.9 Å². The second-order valence-corrected chi connectivity index (χ2v) is 15.7. The van der Waals surface area contributed by atoms with E-state index in [-0.39, 0.29) is 109 Å². The van der Waals surface area contributed by atoms with Crippen molar-refractivity contribution in [2.24, 2.45) is 5.73 Å². The summed E-state index contributed by atoms with van der Waals surface area (Å²) in [5.74, 6) is -4.74. The Labute approximate surface area is 378 Å². The van der Waals surface area contributed by atoms with Crippen molar-refractivity contribution in [1.29, 1.82) is 0 Å². The Bertz CT molecular complexity index is 1310. The van der Waals surface area contributed by atoms with Crippen LogP contribution in [0.3, 0.4) is 0 Å². The predicted molar refractivity (Wildman–Crippen MR) is 236 cm³/mol. The minimum atomic E-state index is -1.21. The zero-order valence-electron chi connectivity index (χ0n) is 38.0. The largest absolute Gasteiger partial charge is 0.481 e. The number of nitrogens with two attached hydrogens (primary N) is 1. The zero-order chi connectivity index (χ0) is 47.5. The second kappa shape index (κ2) is 42.8. The van der Waals surface area contributed by atoms with E-state index in [1.807, 2.05) is 0 Å². The number of carboxylic acids is 3. The van der Waals surface area contributed by atoms with E-state index in [2.05, 4.69) is 21.3 Å². The van der Waals surface area contributed by atoms with Crippen LogP contribution in [0.4, 0.5) is 0 Å². The SMILES string of the molecule is NCN[C@@H](CCCCCC(=O)COCCOCCNC(=O)COCCOCNC(=O)CC[C@H](NC(=O)CCCCCCCCCCCCCCCCC(=O)O)C(=O)O)C(=O)CC(=O)O. The molecule has 0 fully saturated rings. The Morgan fingerprint density at radius 2 is 1.00 bits per heavy atom. The van der Waals surface area contributed by atoms with E-state index in [0.29, 0.717) is 38.5 Å². The number of amides is 3. The number of unbranched alkanes of at least 4 members (excludes halogenated alkanes) is 15. The average Bonchev–Trinajstić information content (AvgIpc) is 3.24. The maximum Gasteiger partial charge on any atom is 0.326 e. The Balaban J connectivity index is 3.71. The lowest BCUT2D eigenvalue weighted by Crippen LogP contribution is -2.41. The van der Waals surface area contributed by atoms with Crippen molar-refractivity contribution in [3.63, 3.8) is 0 Å². The summed E-state index contributed by atoms with van der Waals surface area (Å²) >= 11 is 0. The smallest absolute Gasteiger partial charge is 0.326 e. The molecule has 2 atom stereocenters. The zero-order valence-corrected chi connectivity index (χ0v) is 38.0. The maximum absolute atomic E-state index is 12.3. The lowest BCUT2D eigenvalue weighted by molar-refractivity contribution is -0.142. The first kappa shape index (κ1) is 59.9. The molecular formula is C44H79N5O15. The highest BCUT2D eigenvalue weighted by Gasteiger charge is 2.21. The summed E-state index contributed by atoms with van der Waals surface area (Å²) in [5, 5.41) is 37.4. The van der Waals surface area contributed by atoms with Crippen LogP contribution in [0, 0.1) is 0 Å². The third-order valence-electron chi connectivity index (χ3n) is 10.0. The molecule has 0 saturated carbocycles. The summed E-state index contributed by atoms with van der Waals surface area (Å²) in [6.45, 7) is 0.760. The van der Waals surface area contributed by atoms with E-state index in [9.17, 15) is 43.5 Å². The molecule has 0 aromatic rings. The van der Waals surface area contributed by atoms with Gasteiger partial charge in [0.05, 0.1) is 39.1 Å². The quantitative estimate of drug-likeness (QED) is 0.0246. The van der Waals surface area contributed by atoms with E-state index in [1.165, 1.54) is 38.5 Å². The molecule has 0 spiro atoms. The molecule has 0 unspecified atom stereocenters. The second-order valence-electron chi connectivity index (χ2n) is 15.7. The summed E-state index contributed by atoms with van der Waals surface area (Å²) < 4.78 is 21.2. The van der Waals surface area contributed by atoms with Gasteiger partial charge in [0.2, 0.25) is 17.7 Å². The van der Waals surface area contributed by atoms with Gasteiger partial charge in [-0.25, -0.2) is 4.79 Å².